The van der Waals surface area contributed by atoms with Crippen LogP contribution in [0.3, 0.4) is 0 Å². The number of esters is 1. The van der Waals surface area contributed by atoms with Gasteiger partial charge in [0, 0.05) is 31.5 Å². The van der Waals surface area contributed by atoms with E-state index in [1.165, 1.54) is 39.3 Å². The molecule has 0 aliphatic carbocycles. The second-order valence-electron chi connectivity index (χ2n) is 6.55. The van der Waals surface area contributed by atoms with Crippen LogP contribution < -0.4 is 15.4 Å². The van der Waals surface area contributed by atoms with Crippen molar-refractivity contribution in [3.8, 4) is 5.88 Å². The smallest absolute Gasteiger partial charge is 0.328 e. The summed E-state index contributed by atoms with van der Waals surface area (Å²) >= 11 is 0. The largest absolute Gasteiger partial charge is 0.481 e. The van der Waals surface area contributed by atoms with Crippen molar-refractivity contribution >= 4 is 17.8 Å². The molecule has 0 spiro atoms. The third-order valence-corrected chi connectivity index (χ3v) is 4.29. The fourth-order valence-electron chi connectivity index (χ4n) is 2.95. The Morgan fingerprint density at radius 2 is 1.83 bits per heavy atom. The molecule has 2 N–H and O–H groups in total. The highest BCUT2D eigenvalue weighted by Crippen LogP contribution is 2.16. The van der Waals surface area contributed by atoms with E-state index in [4.69, 9.17) is 9.47 Å². The number of rotatable bonds is 9. The number of carbonyl (C=O) groups is 3. The van der Waals surface area contributed by atoms with Crippen LogP contribution in [0.15, 0.2) is 42.6 Å². The van der Waals surface area contributed by atoms with E-state index in [0.29, 0.717) is 17.0 Å². The van der Waals surface area contributed by atoms with Crippen LogP contribution in [-0.2, 0) is 32.0 Å². The zero-order chi connectivity index (χ0) is 22.1. The number of nitrogens with zero attached hydrogens (tertiary/aromatic N) is 1. The Bertz CT molecular complexity index is 906. The number of pyridine rings is 1. The summed E-state index contributed by atoms with van der Waals surface area (Å²) in [5.41, 5.74) is 1.12. The number of hydrogen-bond donors (Lipinski definition) is 2. The van der Waals surface area contributed by atoms with Gasteiger partial charge in [0.2, 0.25) is 17.7 Å². The van der Waals surface area contributed by atoms with Gasteiger partial charge in [0.1, 0.15) is 17.9 Å². The first-order valence-corrected chi connectivity index (χ1v) is 9.21. The van der Waals surface area contributed by atoms with E-state index in [1.807, 2.05) is 0 Å². The highest BCUT2D eigenvalue weighted by molar-refractivity contribution is 5.90. The van der Waals surface area contributed by atoms with Crippen molar-refractivity contribution < 1.29 is 28.2 Å². The van der Waals surface area contributed by atoms with Gasteiger partial charge in [0.15, 0.2) is 0 Å². The number of halogens is 1. The summed E-state index contributed by atoms with van der Waals surface area (Å²) in [5, 5.41) is 5.14. The maximum Gasteiger partial charge on any atom is 0.328 e. The highest BCUT2D eigenvalue weighted by Gasteiger charge is 2.28. The summed E-state index contributed by atoms with van der Waals surface area (Å²) < 4.78 is 23.5. The minimum atomic E-state index is -1.04. The number of benzene rings is 1. The SMILES string of the molecule is COC(=O)[C@H](Cc1cccnc1OC)NC(=O)[C@@H](Cc1cccc(F)c1)NC(C)=O. The molecule has 0 aliphatic heterocycles. The van der Waals surface area contributed by atoms with Gasteiger partial charge in [-0.1, -0.05) is 18.2 Å². The number of hydrogen-bond acceptors (Lipinski definition) is 6. The summed E-state index contributed by atoms with van der Waals surface area (Å²) in [6.45, 7) is 1.27. The van der Waals surface area contributed by atoms with Crippen LogP contribution in [0.1, 0.15) is 18.1 Å². The maximum absolute atomic E-state index is 13.5. The van der Waals surface area contributed by atoms with Crippen molar-refractivity contribution in [2.45, 2.75) is 31.8 Å². The standard InChI is InChI=1S/C21H24FN3O5/c1-13(26)24-17(11-14-6-4-8-16(22)10-14)19(27)25-18(21(28)30-3)12-15-7-5-9-23-20(15)29-2/h4-10,17-18H,11-12H2,1-3H3,(H,24,26)(H,25,27)/t17-,18+/m1/s1. The summed E-state index contributed by atoms with van der Waals surface area (Å²) in [5.74, 6) is -1.84. The van der Waals surface area contributed by atoms with Gasteiger partial charge in [0.25, 0.3) is 0 Å². The van der Waals surface area contributed by atoms with Crippen molar-refractivity contribution in [3.63, 3.8) is 0 Å². The average Bonchev–Trinajstić information content (AvgIpc) is 2.72. The second kappa shape index (κ2) is 10.9. The topological polar surface area (TPSA) is 107 Å². The Morgan fingerprint density at radius 1 is 1.07 bits per heavy atom. The molecule has 30 heavy (non-hydrogen) atoms. The quantitative estimate of drug-likeness (QED) is 0.594. The molecule has 1 heterocycles. The molecule has 8 nitrogen and oxygen atoms in total. The van der Waals surface area contributed by atoms with Gasteiger partial charge in [-0.3, -0.25) is 9.59 Å². The number of nitrogens with one attached hydrogen (secondary N) is 2. The molecule has 0 aliphatic rings. The summed E-state index contributed by atoms with van der Waals surface area (Å²) in [6, 6.07) is 7.07. The van der Waals surface area contributed by atoms with Crippen molar-refractivity contribution in [1.29, 1.82) is 0 Å². The van der Waals surface area contributed by atoms with Gasteiger partial charge in [-0.15, -0.1) is 0 Å². The van der Waals surface area contributed by atoms with E-state index in [9.17, 15) is 18.8 Å². The molecule has 0 saturated carbocycles. The predicted octanol–water partition coefficient (Wildman–Crippen LogP) is 1.18. The van der Waals surface area contributed by atoms with Gasteiger partial charge < -0.3 is 20.1 Å². The summed E-state index contributed by atoms with van der Waals surface area (Å²) in [6.07, 6.45) is 1.66. The number of carbonyl (C=O) groups excluding carboxylic acids is 3. The van der Waals surface area contributed by atoms with Crippen LogP contribution in [0, 0.1) is 5.82 Å². The molecular formula is C21H24FN3O5. The zero-order valence-electron chi connectivity index (χ0n) is 17.0. The second-order valence-corrected chi connectivity index (χ2v) is 6.55. The van der Waals surface area contributed by atoms with Crippen LogP contribution >= 0.6 is 0 Å². The average molecular weight is 417 g/mol. The fourth-order valence-corrected chi connectivity index (χ4v) is 2.95. The molecule has 2 aromatic rings. The van der Waals surface area contributed by atoms with E-state index in [-0.39, 0.29) is 12.8 Å². The first kappa shape index (κ1) is 22.8. The minimum absolute atomic E-state index is 0.0489. The molecule has 9 heteroatoms. The third-order valence-electron chi connectivity index (χ3n) is 4.29. The summed E-state index contributed by atoms with van der Waals surface area (Å²) in [7, 11) is 2.66. The number of methoxy groups -OCH3 is 2. The molecule has 0 unspecified atom stereocenters. The summed E-state index contributed by atoms with van der Waals surface area (Å²) in [4.78, 5) is 40.8. The minimum Gasteiger partial charge on any atom is -0.481 e. The Labute approximate surface area is 173 Å². The maximum atomic E-state index is 13.5. The molecule has 2 atom stereocenters. The fraction of sp³-hybridized carbons (Fsp3) is 0.333. The Hall–Kier alpha value is -3.49. The molecule has 160 valence electrons. The van der Waals surface area contributed by atoms with Gasteiger partial charge >= 0.3 is 5.97 Å². The predicted molar refractivity (Wildman–Crippen MR) is 106 cm³/mol. The monoisotopic (exact) mass is 417 g/mol. The van der Waals surface area contributed by atoms with Crippen molar-refractivity contribution in [3.05, 3.63) is 59.5 Å². The zero-order valence-corrected chi connectivity index (χ0v) is 17.0. The highest BCUT2D eigenvalue weighted by atomic mass is 19.1. The van der Waals surface area contributed by atoms with Crippen molar-refractivity contribution in [2.24, 2.45) is 0 Å². The molecule has 0 saturated heterocycles. The number of ether oxygens (including phenoxy) is 2. The van der Waals surface area contributed by atoms with E-state index < -0.39 is 35.7 Å². The van der Waals surface area contributed by atoms with Crippen LogP contribution in [0.5, 0.6) is 5.88 Å². The number of amides is 2. The van der Waals surface area contributed by atoms with Crippen LogP contribution in [0.4, 0.5) is 4.39 Å². The Kier molecular flexibility index (Phi) is 8.28. The van der Waals surface area contributed by atoms with E-state index in [0.717, 1.165) is 0 Å². The van der Waals surface area contributed by atoms with Crippen LogP contribution in [0.2, 0.25) is 0 Å². The van der Waals surface area contributed by atoms with Crippen LogP contribution in [0.25, 0.3) is 0 Å². The molecule has 0 fully saturated rings. The molecule has 1 aromatic heterocycles. The first-order valence-electron chi connectivity index (χ1n) is 9.21. The van der Waals surface area contributed by atoms with Crippen molar-refractivity contribution in [1.82, 2.24) is 15.6 Å². The lowest BCUT2D eigenvalue weighted by molar-refractivity contribution is -0.145. The number of aromatic nitrogens is 1. The van der Waals surface area contributed by atoms with Gasteiger partial charge in [-0.2, -0.15) is 0 Å². The van der Waals surface area contributed by atoms with Gasteiger partial charge in [0.05, 0.1) is 14.2 Å². The van der Waals surface area contributed by atoms with E-state index in [2.05, 4.69) is 15.6 Å². The first-order chi connectivity index (χ1) is 14.3. The molecule has 2 amide bonds. The third kappa shape index (κ3) is 6.54. The lowest BCUT2D eigenvalue weighted by Crippen LogP contribution is -2.53. The molecule has 0 radical (unpaired) electrons. The molecular weight excluding hydrogens is 393 g/mol. The molecule has 2 rings (SSSR count). The van der Waals surface area contributed by atoms with Gasteiger partial charge in [-0.05, 0) is 23.8 Å². The molecule has 0 bridgehead atoms. The van der Waals surface area contributed by atoms with Crippen molar-refractivity contribution in [2.75, 3.05) is 14.2 Å². The van der Waals surface area contributed by atoms with E-state index in [1.54, 1.807) is 24.4 Å². The Morgan fingerprint density at radius 3 is 2.47 bits per heavy atom. The lowest BCUT2D eigenvalue weighted by Gasteiger charge is -2.22. The Balaban J connectivity index is 2.21. The van der Waals surface area contributed by atoms with E-state index >= 15 is 0 Å². The van der Waals surface area contributed by atoms with Crippen LogP contribution in [-0.4, -0.2) is 49.1 Å². The lowest BCUT2D eigenvalue weighted by atomic mass is 10.0. The normalized spacial score (nSPS) is 12.4. The molecule has 1 aromatic carbocycles. The van der Waals surface area contributed by atoms with Gasteiger partial charge in [-0.25, -0.2) is 14.2 Å².